The fourth-order valence-corrected chi connectivity index (χ4v) is 3.48. The Balaban J connectivity index is 3.98. The lowest BCUT2D eigenvalue weighted by Crippen LogP contribution is -2.32. The van der Waals surface area contributed by atoms with E-state index in [1.165, 1.54) is 0 Å². The van der Waals surface area contributed by atoms with Crippen molar-refractivity contribution in [1.29, 1.82) is 0 Å². The van der Waals surface area contributed by atoms with Gasteiger partial charge in [0.05, 0.1) is 0 Å². The molecule has 64 valence electrons. The topological polar surface area (TPSA) is 9.23 Å². The molecule has 1 nitrogen and oxygen atoms in total. The van der Waals surface area contributed by atoms with Crippen LogP contribution in [0, 0.1) is 0 Å². The minimum Gasteiger partial charge on any atom is -0.417 e. The van der Waals surface area contributed by atoms with Crippen molar-refractivity contribution in [3.05, 3.63) is 25.3 Å². The van der Waals surface area contributed by atoms with E-state index >= 15 is 0 Å². The zero-order chi connectivity index (χ0) is 8.74. The van der Waals surface area contributed by atoms with E-state index in [0.717, 1.165) is 18.7 Å². The zero-order valence-electron chi connectivity index (χ0n) is 7.60. The third-order valence-corrected chi connectivity index (χ3v) is 4.94. The summed E-state index contributed by atoms with van der Waals surface area (Å²) in [6.07, 6.45) is 3.90. The lowest BCUT2D eigenvalue weighted by molar-refractivity contribution is 0.328. The van der Waals surface area contributed by atoms with Crippen molar-refractivity contribution >= 4 is 8.32 Å². The molecule has 0 spiro atoms. The molecule has 0 bridgehead atoms. The van der Waals surface area contributed by atoms with Gasteiger partial charge < -0.3 is 4.43 Å². The largest absolute Gasteiger partial charge is 0.417 e. The second-order valence-electron chi connectivity index (χ2n) is 2.87. The molecule has 0 aromatic heterocycles. The van der Waals surface area contributed by atoms with E-state index in [9.17, 15) is 0 Å². The van der Waals surface area contributed by atoms with Gasteiger partial charge in [-0.1, -0.05) is 12.2 Å². The summed E-state index contributed by atoms with van der Waals surface area (Å²) in [7, 11) is -1.49. The minimum atomic E-state index is -1.49. The van der Waals surface area contributed by atoms with Crippen LogP contribution in [-0.2, 0) is 4.43 Å². The SMILES string of the molecule is C=CC[Si](C)(CC=C)OCC. The molecular formula is C9H18OSi. The molecule has 0 atom stereocenters. The molecule has 0 fully saturated rings. The summed E-state index contributed by atoms with van der Waals surface area (Å²) in [5.41, 5.74) is 0. The summed E-state index contributed by atoms with van der Waals surface area (Å²) in [5.74, 6) is 0. The normalized spacial score (nSPS) is 11.1. The van der Waals surface area contributed by atoms with Crippen LogP contribution in [0.3, 0.4) is 0 Å². The molecule has 0 aliphatic heterocycles. The Morgan fingerprint density at radius 1 is 1.27 bits per heavy atom. The summed E-state index contributed by atoms with van der Waals surface area (Å²) in [6.45, 7) is 12.5. The second kappa shape index (κ2) is 5.33. The third-order valence-electron chi connectivity index (χ3n) is 1.65. The smallest absolute Gasteiger partial charge is 0.197 e. The van der Waals surface area contributed by atoms with E-state index in [1.54, 1.807) is 0 Å². The lowest BCUT2D eigenvalue weighted by atomic mass is 10.7. The highest BCUT2D eigenvalue weighted by atomic mass is 28.4. The van der Waals surface area contributed by atoms with E-state index in [1.807, 2.05) is 19.1 Å². The van der Waals surface area contributed by atoms with Crippen molar-refractivity contribution in [1.82, 2.24) is 0 Å². The van der Waals surface area contributed by atoms with Crippen molar-refractivity contribution in [3.8, 4) is 0 Å². The van der Waals surface area contributed by atoms with Crippen molar-refractivity contribution in [3.63, 3.8) is 0 Å². The molecule has 0 unspecified atom stereocenters. The maximum Gasteiger partial charge on any atom is 0.197 e. The first-order valence-electron chi connectivity index (χ1n) is 4.04. The molecule has 0 rings (SSSR count). The van der Waals surface area contributed by atoms with Gasteiger partial charge in [-0.05, 0) is 25.6 Å². The maximum atomic E-state index is 5.71. The van der Waals surface area contributed by atoms with Crippen LogP contribution in [0.2, 0.25) is 18.6 Å². The second-order valence-corrected chi connectivity index (χ2v) is 6.87. The molecule has 2 heteroatoms. The van der Waals surface area contributed by atoms with Crippen LogP contribution in [0.4, 0.5) is 0 Å². The third kappa shape index (κ3) is 4.17. The molecule has 0 N–H and O–H groups in total. The van der Waals surface area contributed by atoms with Crippen LogP contribution in [-0.4, -0.2) is 14.9 Å². The van der Waals surface area contributed by atoms with Gasteiger partial charge in [-0.3, -0.25) is 0 Å². The Labute approximate surface area is 70.9 Å². The van der Waals surface area contributed by atoms with Crippen LogP contribution in [0.5, 0.6) is 0 Å². The lowest BCUT2D eigenvalue weighted by Gasteiger charge is -2.23. The molecule has 0 amide bonds. The molecule has 0 aromatic carbocycles. The van der Waals surface area contributed by atoms with Gasteiger partial charge >= 0.3 is 0 Å². The Morgan fingerprint density at radius 3 is 2.00 bits per heavy atom. The number of hydrogen-bond donors (Lipinski definition) is 0. The highest BCUT2D eigenvalue weighted by molar-refractivity contribution is 6.73. The summed E-state index contributed by atoms with van der Waals surface area (Å²) >= 11 is 0. The van der Waals surface area contributed by atoms with E-state index in [4.69, 9.17) is 4.43 Å². The van der Waals surface area contributed by atoms with Gasteiger partial charge in [0.15, 0.2) is 8.32 Å². The van der Waals surface area contributed by atoms with Gasteiger partial charge in [-0.15, -0.1) is 13.2 Å². The van der Waals surface area contributed by atoms with Gasteiger partial charge in [0.25, 0.3) is 0 Å². The molecule has 0 saturated carbocycles. The Bertz CT molecular complexity index is 122. The predicted molar refractivity (Wildman–Crippen MR) is 53.3 cm³/mol. The van der Waals surface area contributed by atoms with E-state index in [0.29, 0.717) is 0 Å². The van der Waals surface area contributed by atoms with Crippen LogP contribution in [0.15, 0.2) is 25.3 Å². The molecule has 0 radical (unpaired) electrons. The zero-order valence-corrected chi connectivity index (χ0v) is 8.60. The molecule has 0 aliphatic rings. The highest BCUT2D eigenvalue weighted by Crippen LogP contribution is 2.17. The van der Waals surface area contributed by atoms with Gasteiger partial charge in [-0.25, -0.2) is 0 Å². The number of hydrogen-bond acceptors (Lipinski definition) is 1. The molecule has 0 aromatic rings. The monoisotopic (exact) mass is 170 g/mol. The van der Waals surface area contributed by atoms with Crippen molar-refractivity contribution in [2.24, 2.45) is 0 Å². The van der Waals surface area contributed by atoms with Gasteiger partial charge in [0, 0.05) is 6.61 Å². The maximum absolute atomic E-state index is 5.71. The van der Waals surface area contributed by atoms with Crippen LogP contribution < -0.4 is 0 Å². The van der Waals surface area contributed by atoms with Gasteiger partial charge in [0.1, 0.15) is 0 Å². The van der Waals surface area contributed by atoms with Crippen molar-refractivity contribution in [2.45, 2.75) is 25.6 Å². The van der Waals surface area contributed by atoms with Crippen LogP contribution >= 0.6 is 0 Å². The molecule has 11 heavy (non-hydrogen) atoms. The summed E-state index contributed by atoms with van der Waals surface area (Å²) in [5, 5.41) is 0. The predicted octanol–water partition coefficient (Wildman–Crippen LogP) is 2.97. The summed E-state index contributed by atoms with van der Waals surface area (Å²) < 4.78 is 5.71. The quantitative estimate of drug-likeness (QED) is 0.440. The van der Waals surface area contributed by atoms with Crippen molar-refractivity contribution in [2.75, 3.05) is 6.61 Å². The Hall–Kier alpha value is -0.343. The highest BCUT2D eigenvalue weighted by Gasteiger charge is 2.24. The average Bonchev–Trinajstić information content (AvgIpc) is 1.88. The van der Waals surface area contributed by atoms with E-state index in [2.05, 4.69) is 19.7 Å². The van der Waals surface area contributed by atoms with Crippen LogP contribution in [0.1, 0.15) is 6.92 Å². The first-order valence-corrected chi connectivity index (χ1v) is 6.86. The molecular weight excluding hydrogens is 152 g/mol. The fourth-order valence-electron chi connectivity index (χ4n) is 1.16. The molecule has 0 aliphatic carbocycles. The summed E-state index contributed by atoms with van der Waals surface area (Å²) in [6, 6.07) is 2.04. The fraction of sp³-hybridized carbons (Fsp3) is 0.556. The molecule has 0 heterocycles. The number of rotatable bonds is 6. The Kier molecular flexibility index (Phi) is 5.16. The standard InChI is InChI=1S/C9H18OSi/c1-5-8-11(4,9-6-2)10-7-3/h5-6H,1-2,7-9H2,3-4H3. The van der Waals surface area contributed by atoms with Crippen molar-refractivity contribution < 1.29 is 4.43 Å². The first kappa shape index (κ1) is 10.7. The van der Waals surface area contributed by atoms with Gasteiger partial charge in [-0.2, -0.15) is 0 Å². The number of allylic oxidation sites excluding steroid dienone is 2. The summed E-state index contributed by atoms with van der Waals surface area (Å²) in [4.78, 5) is 0. The first-order chi connectivity index (χ1) is 5.18. The van der Waals surface area contributed by atoms with E-state index < -0.39 is 8.32 Å². The van der Waals surface area contributed by atoms with Gasteiger partial charge in [0.2, 0.25) is 0 Å². The molecule has 0 saturated heterocycles. The average molecular weight is 170 g/mol. The Morgan fingerprint density at radius 2 is 1.73 bits per heavy atom. The minimum absolute atomic E-state index is 0.810. The van der Waals surface area contributed by atoms with Crippen LogP contribution in [0.25, 0.3) is 0 Å². The van der Waals surface area contributed by atoms with E-state index in [-0.39, 0.29) is 0 Å².